The van der Waals surface area contributed by atoms with Crippen molar-refractivity contribution in [3.05, 3.63) is 60.2 Å². The molecular weight excluding hydrogens is 336 g/mol. The normalized spacial score (nSPS) is 29.6. The third-order valence-corrected chi connectivity index (χ3v) is 6.57. The van der Waals surface area contributed by atoms with E-state index in [9.17, 15) is 0 Å². The van der Waals surface area contributed by atoms with Gasteiger partial charge in [-0.15, -0.1) is 0 Å². The van der Waals surface area contributed by atoms with Crippen LogP contribution in [0, 0.1) is 11.3 Å². The topological polar surface area (TPSA) is 27.7 Å². The molecule has 2 bridgehead atoms. The van der Waals surface area contributed by atoms with E-state index in [-0.39, 0.29) is 11.0 Å². The first kappa shape index (κ1) is 17.3. The summed E-state index contributed by atoms with van der Waals surface area (Å²) in [4.78, 5) is 0. The van der Waals surface area contributed by atoms with Gasteiger partial charge in [-0.1, -0.05) is 30.3 Å². The van der Waals surface area contributed by atoms with E-state index in [1.165, 1.54) is 31.2 Å². The summed E-state index contributed by atoms with van der Waals surface area (Å²) in [7, 11) is 0. The standard InChI is InChI=1S/C24H28O3/c1-2-6-21(7-3-1)27-22-8-4-5-20(15-22)24-13-11-23(12-14-24,18-26-24)17-25-16-19-9-10-19/h1-8,15,19H,9-14,16-18H2. The molecule has 6 rings (SSSR count). The maximum absolute atomic E-state index is 6.50. The van der Waals surface area contributed by atoms with Crippen molar-refractivity contribution in [3.63, 3.8) is 0 Å². The quantitative estimate of drug-likeness (QED) is 0.631. The largest absolute Gasteiger partial charge is 0.457 e. The predicted octanol–water partition coefficient (Wildman–Crippen LogP) is 5.69. The summed E-state index contributed by atoms with van der Waals surface area (Å²) in [6.07, 6.45) is 7.26. The first-order valence-corrected chi connectivity index (χ1v) is 10.3. The van der Waals surface area contributed by atoms with Crippen LogP contribution in [0.5, 0.6) is 11.5 Å². The molecular formula is C24H28O3. The molecule has 0 N–H and O–H groups in total. The lowest BCUT2D eigenvalue weighted by atomic mass is 9.64. The maximum Gasteiger partial charge on any atom is 0.127 e. The van der Waals surface area contributed by atoms with Crippen LogP contribution in [0.4, 0.5) is 0 Å². The molecule has 2 saturated carbocycles. The molecule has 0 unspecified atom stereocenters. The molecule has 4 aliphatic rings. The molecule has 2 aliphatic heterocycles. The van der Waals surface area contributed by atoms with E-state index in [2.05, 4.69) is 18.2 Å². The number of rotatable bonds is 7. The summed E-state index contributed by atoms with van der Waals surface area (Å²) in [5.41, 5.74) is 1.35. The van der Waals surface area contributed by atoms with E-state index in [1.807, 2.05) is 36.4 Å². The third-order valence-electron chi connectivity index (χ3n) is 6.57. The van der Waals surface area contributed by atoms with Crippen LogP contribution in [0.1, 0.15) is 44.1 Å². The second-order valence-electron chi connectivity index (χ2n) is 8.68. The van der Waals surface area contributed by atoms with Crippen LogP contribution >= 0.6 is 0 Å². The minimum absolute atomic E-state index is 0.145. The zero-order valence-corrected chi connectivity index (χ0v) is 15.9. The van der Waals surface area contributed by atoms with Crippen LogP contribution < -0.4 is 4.74 Å². The van der Waals surface area contributed by atoms with Crippen LogP contribution in [-0.2, 0) is 15.1 Å². The lowest BCUT2D eigenvalue weighted by Crippen LogP contribution is -2.51. The molecule has 0 radical (unpaired) electrons. The smallest absolute Gasteiger partial charge is 0.127 e. The molecule has 3 heteroatoms. The molecule has 0 spiro atoms. The Labute approximate surface area is 161 Å². The first-order chi connectivity index (χ1) is 13.3. The van der Waals surface area contributed by atoms with Gasteiger partial charge in [0.1, 0.15) is 11.5 Å². The molecule has 2 heterocycles. The molecule has 2 aromatic carbocycles. The van der Waals surface area contributed by atoms with Gasteiger partial charge in [-0.05, 0) is 74.3 Å². The lowest BCUT2D eigenvalue weighted by molar-refractivity contribution is -0.204. The Morgan fingerprint density at radius 1 is 0.889 bits per heavy atom. The minimum atomic E-state index is -0.145. The molecule has 142 valence electrons. The fraction of sp³-hybridized carbons (Fsp3) is 0.500. The van der Waals surface area contributed by atoms with Gasteiger partial charge in [0.15, 0.2) is 0 Å². The highest BCUT2D eigenvalue weighted by molar-refractivity contribution is 5.37. The SMILES string of the molecule is c1ccc(Oc2cccc(C34CCC(COCC5CC5)(CC3)CO4)c2)cc1. The number of para-hydroxylation sites is 1. The number of hydrogen-bond donors (Lipinski definition) is 0. The Morgan fingerprint density at radius 2 is 1.67 bits per heavy atom. The first-order valence-electron chi connectivity index (χ1n) is 10.3. The van der Waals surface area contributed by atoms with Crippen molar-refractivity contribution in [2.24, 2.45) is 11.3 Å². The third kappa shape index (κ3) is 3.63. The Hall–Kier alpha value is -1.84. The Morgan fingerprint density at radius 3 is 2.37 bits per heavy atom. The van der Waals surface area contributed by atoms with Gasteiger partial charge in [-0.25, -0.2) is 0 Å². The van der Waals surface area contributed by atoms with Gasteiger partial charge in [-0.2, -0.15) is 0 Å². The van der Waals surface area contributed by atoms with Crippen molar-refractivity contribution >= 4 is 0 Å². The molecule has 3 nitrogen and oxygen atoms in total. The van der Waals surface area contributed by atoms with Crippen LogP contribution in [0.3, 0.4) is 0 Å². The van der Waals surface area contributed by atoms with Gasteiger partial charge in [0.2, 0.25) is 0 Å². The highest BCUT2D eigenvalue weighted by Crippen LogP contribution is 2.54. The van der Waals surface area contributed by atoms with Crippen LogP contribution in [-0.4, -0.2) is 19.8 Å². The summed E-state index contributed by atoms with van der Waals surface area (Å²) in [6, 6.07) is 18.4. The average molecular weight is 364 g/mol. The number of ether oxygens (including phenoxy) is 3. The van der Waals surface area contributed by atoms with Gasteiger partial charge in [0.25, 0.3) is 0 Å². The molecule has 27 heavy (non-hydrogen) atoms. The van der Waals surface area contributed by atoms with Crippen LogP contribution in [0.15, 0.2) is 54.6 Å². The van der Waals surface area contributed by atoms with Gasteiger partial charge in [0, 0.05) is 12.0 Å². The summed E-state index contributed by atoms with van der Waals surface area (Å²) in [6.45, 7) is 2.64. The zero-order chi connectivity index (χ0) is 18.2. The van der Waals surface area contributed by atoms with Crippen LogP contribution in [0.2, 0.25) is 0 Å². The van der Waals surface area contributed by atoms with Gasteiger partial charge < -0.3 is 14.2 Å². The number of hydrogen-bond acceptors (Lipinski definition) is 3. The second kappa shape index (κ2) is 6.96. The molecule has 2 aromatic rings. The molecule has 0 aromatic heterocycles. The molecule has 2 saturated heterocycles. The van der Waals surface area contributed by atoms with Crippen molar-refractivity contribution in [1.82, 2.24) is 0 Å². The number of benzene rings is 2. The molecule has 2 aliphatic carbocycles. The summed E-state index contributed by atoms with van der Waals surface area (Å²) in [5.74, 6) is 2.58. The van der Waals surface area contributed by atoms with Crippen molar-refractivity contribution in [3.8, 4) is 11.5 Å². The minimum Gasteiger partial charge on any atom is -0.457 e. The average Bonchev–Trinajstić information content (AvgIpc) is 3.55. The van der Waals surface area contributed by atoms with E-state index < -0.39 is 0 Å². The van der Waals surface area contributed by atoms with E-state index in [0.717, 1.165) is 50.1 Å². The van der Waals surface area contributed by atoms with Crippen molar-refractivity contribution in [1.29, 1.82) is 0 Å². The molecule has 4 fully saturated rings. The lowest BCUT2D eigenvalue weighted by Gasteiger charge is -2.53. The monoisotopic (exact) mass is 364 g/mol. The van der Waals surface area contributed by atoms with Crippen molar-refractivity contribution in [2.45, 2.75) is 44.1 Å². The van der Waals surface area contributed by atoms with E-state index >= 15 is 0 Å². The van der Waals surface area contributed by atoms with Crippen molar-refractivity contribution in [2.75, 3.05) is 19.8 Å². The van der Waals surface area contributed by atoms with Crippen LogP contribution in [0.25, 0.3) is 0 Å². The van der Waals surface area contributed by atoms with E-state index in [4.69, 9.17) is 14.2 Å². The van der Waals surface area contributed by atoms with Gasteiger partial charge in [-0.3, -0.25) is 0 Å². The second-order valence-corrected chi connectivity index (χ2v) is 8.68. The highest BCUT2D eigenvalue weighted by Gasteiger charge is 2.50. The Bertz CT molecular complexity index is 757. The maximum atomic E-state index is 6.50. The number of fused-ring (bicyclic) bond motifs is 3. The fourth-order valence-electron chi connectivity index (χ4n) is 4.52. The Kier molecular flexibility index (Phi) is 4.45. The summed E-state index contributed by atoms with van der Waals surface area (Å²) >= 11 is 0. The molecule has 0 atom stereocenters. The zero-order valence-electron chi connectivity index (χ0n) is 15.9. The molecule has 0 amide bonds. The summed E-state index contributed by atoms with van der Waals surface area (Å²) in [5, 5.41) is 0. The van der Waals surface area contributed by atoms with Gasteiger partial charge in [0.05, 0.1) is 18.8 Å². The van der Waals surface area contributed by atoms with E-state index in [0.29, 0.717) is 0 Å². The highest BCUT2D eigenvalue weighted by atomic mass is 16.5. The van der Waals surface area contributed by atoms with Gasteiger partial charge >= 0.3 is 0 Å². The predicted molar refractivity (Wildman–Crippen MR) is 105 cm³/mol. The fourth-order valence-corrected chi connectivity index (χ4v) is 4.52. The Balaban J connectivity index is 1.26. The van der Waals surface area contributed by atoms with Crippen molar-refractivity contribution < 1.29 is 14.2 Å². The summed E-state index contributed by atoms with van der Waals surface area (Å²) < 4.78 is 18.6. The van der Waals surface area contributed by atoms with E-state index in [1.54, 1.807) is 0 Å².